The summed E-state index contributed by atoms with van der Waals surface area (Å²) in [6, 6.07) is 15.1. The lowest BCUT2D eigenvalue weighted by Gasteiger charge is -1.97. The molecule has 130 valence electrons. The quantitative estimate of drug-likeness (QED) is 0.290. The van der Waals surface area contributed by atoms with Gasteiger partial charge < -0.3 is 9.26 Å². The zero-order valence-corrected chi connectivity index (χ0v) is 13.4. The molecule has 3 aromatic rings. The van der Waals surface area contributed by atoms with Gasteiger partial charge in [0.05, 0.1) is 4.92 Å². The monoisotopic (exact) mass is 351 g/mol. The molecule has 0 saturated carbocycles. The summed E-state index contributed by atoms with van der Waals surface area (Å²) in [7, 11) is 0. The van der Waals surface area contributed by atoms with Gasteiger partial charge in [0.15, 0.2) is 6.61 Å². The summed E-state index contributed by atoms with van der Waals surface area (Å²) in [5.41, 5.74) is 1.40. The van der Waals surface area contributed by atoms with Crippen LogP contribution in [0, 0.1) is 10.1 Å². The van der Waals surface area contributed by atoms with E-state index in [2.05, 4.69) is 10.1 Å². The van der Waals surface area contributed by atoms with Gasteiger partial charge in [-0.25, -0.2) is 4.79 Å². The minimum absolute atomic E-state index is 0.0309. The zero-order chi connectivity index (χ0) is 18.4. The molecule has 8 heteroatoms. The first-order valence-corrected chi connectivity index (χ1v) is 7.59. The van der Waals surface area contributed by atoms with Crippen LogP contribution in [0.4, 0.5) is 5.69 Å². The van der Waals surface area contributed by atoms with Crippen LogP contribution in [0.25, 0.3) is 17.5 Å². The summed E-state index contributed by atoms with van der Waals surface area (Å²) < 4.78 is 10.1. The average Bonchev–Trinajstić information content (AvgIpc) is 3.14. The lowest BCUT2D eigenvalue weighted by molar-refractivity contribution is -0.384. The van der Waals surface area contributed by atoms with E-state index < -0.39 is 10.9 Å². The number of ether oxygens (including phenoxy) is 1. The molecule has 0 fully saturated rings. The number of carbonyl (C=O) groups is 1. The van der Waals surface area contributed by atoms with Crippen LogP contribution in [-0.4, -0.2) is 21.0 Å². The Morgan fingerprint density at radius 3 is 2.58 bits per heavy atom. The van der Waals surface area contributed by atoms with Crippen molar-refractivity contribution >= 4 is 17.7 Å². The first kappa shape index (κ1) is 17.0. The van der Waals surface area contributed by atoms with Gasteiger partial charge in [0.2, 0.25) is 5.82 Å². The van der Waals surface area contributed by atoms with Crippen LogP contribution in [-0.2, 0) is 16.1 Å². The lowest BCUT2D eigenvalue weighted by atomic mass is 10.2. The molecule has 2 aromatic carbocycles. The van der Waals surface area contributed by atoms with E-state index in [0.717, 1.165) is 5.56 Å². The highest BCUT2D eigenvalue weighted by atomic mass is 16.6. The Bertz CT molecular complexity index is 933. The standard InChI is InChI=1S/C18H13N3O5/c22-17(11-6-13-4-2-1-3-5-13)25-12-16-19-18(20-26-16)14-7-9-15(10-8-14)21(23)24/h1-11H,12H2. The van der Waals surface area contributed by atoms with Gasteiger partial charge in [-0.2, -0.15) is 4.98 Å². The summed E-state index contributed by atoms with van der Waals surface area (Å²) in [6.45, 7) is -0.169. The maximum atomic E-state index is 11.7. The number of aromatic nitrogens is 2. The van der Waals surface area contributed by atoms with Gasteiger partial charge >= 0.3 is 5.97 Å². The van der Waals surface area contributed by atoms with Gasteiger partial charge in [0.25, 0.3) is 11.6 Å². The second-order valence-electron chi connectivity index (χ2n) is 5.17. The minimum Gasteiger partial charge on any atom is -0.452 e. The fourth-order valence-electron chi connectivity index (χ4n) is 2.07. The molecular weight excluding hydrogens is 338 g/mol. The van der Waals surface area contributed by atoms with Crippen LogP contribution < -0.4 is 0 Å². The molecule has 0 aliphatic rings. The summed E-state index contributed by atoms with van der Waals surface area (Å²) in [6.07, 6.45) is 2.95. The molecule has 0 spiro atoms. The highest BCUT2D eigenvalue weighted by Crippen LogP contribution is 2.20. The molecule has 26 heavy (non-hydrogen) atoms. The molecule has 3 rings (SSSR count). The SMILES string of the molecule is O=C(C=Cc1ccccc1)OCc1nc(-c2ccc([N+](=O)[O-])cc2)no1. The fourth-order valence-corrected chi connectivity index (χ4v) is 2.07. The Morgan fingerprint density at radius 1 is 1.15 bits per heavy atom. The number of non-ortho nitro benzene ring substituents is 1. The predicted molar refractivity (Wildman–Crippen MR) is 91.7 cm³/mol. The molecule has 0 bridgehead atoms. The van der Waals surface area contributed by atoms with Gasteiger partial charge in [0, 0.05) is 23.8 Å². The van der Waals surface area contributed by atoms with Gasteiger partial charge in [-0.15, -0.1) is 0 Å². The van der Waals surface area contributed by atoms with E-state index in [0.29, 0.717) is 5.56 Å². The van der Waals surface area contributed by atoms with E-state index in [-0.39, 0.29) is 24.0 Å². The van der Waals surface area contributed by atoms with E-state index in [9.17, 15) is 14.9 Å². The van der Waals surface area contributed by atoms with Crippen LogP contribution in [0.5, 0.6) is 0 Å². The molecule has 0 amide bonds. The van der Waals surface area contributed by atoms with Crippen molar-refractivity contribution in [3.05, 3.63) is 82.2 Å². The molecule has 1 aromatic heterocycles. The summed E-state index contributed by atoms with van der Waals surface area (Å²) in [5, 5.41) is 14.4. The number of esters is 1. The van der Waals surface area contributed by atoms with E-state index in [1.165, 1.54) is 30.3 Å². The van der Waals surface area contributed by atoms with Crippen molar-refractivity contribution in [2.24, 2.45) is 0 Å². The normalized spacial score (nSPS) is 10.8. The average molecular weight is 351 g/mol. The fraction of sp³-hybridized carbons (Fsp3) is 0.0556. The minimum atomic E-state index is -0.538. The summed E-state index contributed by atoms with van der Waals surface area (Å²) in [4.78, 5) is 26.0. The number of benzene rings is 2. The number of hydrogen-bond acceptors (Lipinski definition) is 7. The largest absolute Gasteiger partial charge is 0.452 e. The van der Waals surface area contributed by atoms with Crippen LogP contribution in [0.2, 0.25) is 0 Å². The molecule has 8 nitrogen and oxygen atoms in total. The third-order valence-electron chi connectivity index (χ3n) is 3.35. The number of nitro benzene ring substituents is 1. The van der Waals surface area contributed by atoms with Crippen molar-refractivity contribution < 1.29 is 19.0 Å². The van der Waals surface area contributed by atoms with E-state index in [4.69, 9.17) is 9.26 Å². The Labute approximate surface area is 147 Å². The smallest absolute Gasteiger partial charge is 0.331 e. The zero-order valence-electron chi connectivity index (χ0n) is 13.4. The highest BCUT2D eigenvalue weighted by molar-refractivity contribution is 5.86. The number of carbonyl (C=O) groups excluding carboxylic acids is 1. The molecule has 0 saturated heterocycles. The number of hydrogen-bond donors (Lipinski definition) is 0. The van der Waals surface area contributed by atoms with Crippen molar-refractivity contribution in [1.82, 2.24) is 10.1 Å². The number of nitro groups is 1. The molecule has 0 aliphatic heterocycles. The van der Waals surface area contributed by atoms with Gasteiger partial charge in [-0.05, 0) is 23.8 Å². The highest BCUT2D eigenvalue weighted by Gasteiger charge is 2.12. The molecule has 0 unspecified atom stereocenters. The van der Waals surface area contributed by atoms with Gasteiger partial charge in [-0.3, -0.25) is 10.1 Å². The van der Waals surface area contributed by atoms with E-state index in [1.807, 2.05) is 30.3 Å². The predicted octanol–water partition coefficient (Wildman–Crippen LogP) is 3.40. The molecule has 0 atom stereocenters. The first-order chi connectivity index (χ1) is 12.6. The van der Waals surface area contributed by atoms with Gasteiger partial charge in [-0.1, -0.05) is 35.5 Å². The van der Waals surface area contributed by atoms with Crippen molar-refractivity contribution in [2.75, 3.05) is 0 Å². The third-order valence-corrected chi connectivity index (χ3v) is 3.35. The first-order valence-electron chi connectivity index (χ1n) is 7.59. The van der Waals surface area contributed by atoms with Crippen LogP contribution in [0.3, 0.4) is 0 Å². The van der Waals surface area contributed by atoms with Crippen molar-refractivity contribution in [3.63, 3.8) is 0 Å². The molecule has 0 aliphatic carbocycles. The Hall–Kier alpha value is -3.81. The van der Waals surface area contributed by atoms with Crippen LogP contribution >= 0.6 is 0 Å². The molecule has 1 heterocycles. The number of rotatable bonds is 6. The summed E-state index contributed by atoms with van der Waals surface area (Å²) >= 11 is 0. The van der Waals surface area contributed by atoms with E-state index in [1.54, 1.807) is 6.08 Å². The topological polar surface area (TPSA) is 108 Å². The number of nitrogens with zero attached hydrogens (tertiary/aromatic N) is 3. The maximum Gasteiger partial charge on any atom is 0.331 e. The lowest BCUT2D eigenvalue weighted by Crippen LogP contribution is -2.00. The maximum absolute atomic E-state index is 11.7. The molecule has 0 radical (unpaired) electrons. The molecular formula is C18H13N3O5. The van der Waals surface area contributed by atoms with Crippen LogP contribution in [0.1, 0.15) is 11.5 Å². The van der Waals surface area contributed by atoms with Gasteiger partial charge in [0.1, 0.15) is 0 Å². The second kappa shape index (κ2) is 7.84. The van der Waals surface area contributed by atoms with Crippen molar-refractivity contribution in [3.8, 4) is 11.4 Å². The Morgan fingerprint density at radius 2 is 1.88 bits per heavy atom. The second-order valence-corrected chi connectivity index (χ2v) is 5.17. The van der Waals surface area contributed by atoms with Crippen molar-refractivity contribution in [2.45, 2.75) is 6.61 Å². The Balaban J connectivity index is 1.57. The third kappa shape index (κ3) is 4.38. The summed E-state index contributed by atoms with van der Waals surface area (Å²) in [5.74, 6) is -0.158. The Kier molecular flexibility index (Phi) is 5.14. The molecule has 0 N–H and O–H groups in total. The van der Waals surface area contributed by atoms with Crippen LogP contribution in [0.15, 0.2) is 65.2 Å². The van der Waals surface area contributed by atoms with Crippen molar-refractivity contribution in [1.29, 1.82) is 0 Å². The van der Waals surface area contributed by atoms with E-state index >= 15 is 0 Å².